The van der Waals surface area contributed by atoms with Gasteiger partial charge in [-0.15, -0.1) is 12.4 Å². The summed E-state index contributed by atoms with van der Waals surface area (Å²) >= 11 is 5.08. The first-order chi connectivity index (χ1) is 7.74. The van der Waals surface area contributed by atoms with Crippen LogP contribution in [0.5, 0.6) is 0 Å². The van der Waals surface area contributed by atoms with Gasteiger partial charge in [-0.3, -0.25) is 5.84 Å². The predicted octanol–water partition coefficient (Wildman–Crippen LogP) is 1.45. The lowest BCUT2D eigenvalue weighted by Gasteiger charge is -2.18. The van der Waals surface area contributed by atoms with Gasteiger partial charge < -0.3 is 10.1 Å². The highest BCUT2D eigenvalue weighted by atomic mass is 35.5. The van der Waals surface area contributed by atoms with Crippen LogP contribution in [0, 0.1) is 0 Å². The van der Waals surface area contributed by atoms with Gasteiger partial charge in [-0.05, 0) is 30.6 Å². The van der Waals surface area contributed by atoms with Crippen LogP contribution in [-0.4, -0.2) is 10.8 Å². The molecule has 0 atom stereocenters. The van der Waals surface area contributed by atoms with Crippen molar-refractivity contribution in [2.45, 2.75) is 25.1 Å². The highest BCUT2D eigenvalue weighted by Crippen LogP contribution is 2.31. The van der Waals surface area contributed by atoms with Crippen molar-refractivity contribution in [3.8, 4) is 0 Å². The molecule has 0 unspecified atom stereocenters. The first-order valence-corrected chi connectivity index (χ1v) is 5.62. The smallest absolute Gasteiger partial charge is 0.258 e. The van der Waals surface area contributed by atoms with Crippen molar-refractivity contribution in [3.05, 3.63) is 35.9 Å². The number of thiocarbonyl (C=S) groups is 1. The summed E-state index contributed by atoms with van der Waals surface area (Å²) in [5.41, 5.74) is 3.57. The topological polar surface area (TPSA) is 59.3 Å². The largest absolute Gasteiger partial charge is 0.466 e. The molecule has 1 aliphatic carbocycles. The molecule has 2 rings (SSSR count). The third kappa shape index (κ3) is 4.12. The second-order valence-corrected chi connectivity index (χ2v) is 4.28. The fourth-order valence-corrected chi connectivity index (χ4v) is 1.64. The Bertz CT molecular complexity index is 370. The molecule has 0 aromatic heterocycles. The van der Waals surface area contributed by atoms with Gasteiger partial charge in [0.25, 0.3) is 5.17 Å². The average Bonchev–Trinajstić information content (AvgIpc) is 3.08. The molecule has 1 aromatic carbocycles. The summed E-state index contributed by atoms with van der Waals surface area (Å²) < 4.78 is 5.43. The van der Waals surface area contributed by atoms with Crippen molar-refractivity contribution in [1.29, 1.82) is 0 Å². The summed E-state index contributed by atoms with van der Waals surface area (Å²) in [6.07, 6.45) is 1.94. The number of nitrogens with two attached hydrogens (primary N) is 1. The third-order valence-electron chi connectivity index (χ3n) is 2.58. The average molecular weight is 274 g/mol. The Morgan fingerprint density at radius 2 is 2.00 bits per heavy atom. The molecule has 4 nitrogen and oxygen atoms in total. The highest BCUT2D eigenvalue weighted by molar-refractivity contribution is 7.80. The molecule has 94 valence electrons. The molecule has 0 heterocycles. The molecule has 17 heavy (non-hydrogen) atoms. The predicted molar refractivity (Wildman–Crippen MR) is 73.5 cm³/mol. The van der Waals surface area contributed by atoms with Crippen molar-refractivity contribution in [3.63, 3.8) is 0 Å². The van der Waals surface area contributed by atoms with Crippen LogP contribution in [0.4, 0.5) is 0 Å². The van der Waals surface area contributed by atoms with Crippen LogP contribution >= 0.6 is 24.6 Å². The van der Waals surface area contributed by atoms with E-state index in [4.69, 9.17) is 22.8 Å². The molecule has 4 N–H and O–H groups in total. The minimum atomic E-state index is -0.228. The van der Waals surface area contributed by atoms with E-state index in [2.05, 4.69) is 10.7 Å². The summed E-state index contributed by atoms with van der Waals surface area (Å²) in [5.74, 6) is 5.40. The van der Waals surface area contributed by atoms with E-state index in [0.29, 0.717) is 11.8 Å². The quantitative estimate of drug-likeness (QED) is 0.336. The monoisotopic (exact) mass is 273 g/mol. The van der Waals surface area contributed by atoms with E-state index in [0.717, 1.165) is 18.4 Å². The van der Waals surface area contributed by atoms with Crippen molar-refractivity contribution in [2.24, 2.45) is 5.84 Å². The summed E-state index contributed by atoms with van der Waals surface area (Å²) in [6, 6.07) is 9.91. The zero-order valence-electron chi connectivity index (χ0n) is 9.31. The lowest BCUT2D eigenvalue weighted by Crippen LogP contribution is -2.51. The van der Waals surface area contributed by atoms with Gasteiger partial charge in [0.15, 0.2) is 0 Å². The van der Waals surface area contributed by atoms with Crippen LogP contribution in [-0.2, 0) is 11.3 Å². The van der Waals surface area contributed by atoms with E-state index in [9.17, 15) is 0 Å². The second kappa shape index (κ2) is 6.16. The lowest BCUT2D eigenvalue weighted by atomic mass is 10.2. The van der Waals surface area contributed by atoms with Gasteiger partial charge in [-0.25, -0.2) is 5.43 Å². The van der Waals surface area contributed by atoms with Crippen LogP contribution in [0.1, 0.15) is 18.4 Å². The number of hydrogen-bond acceptors (Lipinski definition) is 4. The van der Waals surface area contributed by atoms with Gasteiger partial charge in [-0.1, -0.05) is 30.3 Å². The Balaban J connectivity index is 0.00000144. The maximum absolute atomic E-state index is 5.43. The van der Waals surface area contributed by atoms with E-state index in [-0.39, 0.29) is 18.1 Å². The first kappa shape index (κ1) is 14.2. The van der Waals surface area contributed by atoms with E-state index >= 15 is 0 Å². The van der Waals surface area contributed by atoms with E-state index in [1.165, 1.54) is 0 Å². The Hall–Kier alpha value is -0.880. The molecule has 1 aliphatic rings. The minimum absolute atomic E-state index is 0. The molecular formula is C11H16ClN3OS. The van der Waals surface area contributed by atoms with Gasteiger partial charge in [0.05, 0.1) is 0 Å². The van der Waals surface area contributed by atoms with Crippen LogP contribution in [0.15, 0.2) is 30.3 Å². The van der Waals surface area contributed by atoms with Crippen LogP contribution in [0.3, 0.4) is 0 Å². The summed E-state index contributed by atoms with van der Waals surface area (Å²) in [6.45, 7) is 0.479. The number of nitrogens with one attached hydrogen (secondary N) is 2. The molecule has 0 spiro atoms. The molecule has 0 bridgehead atoms. The molecular weight excluding hydrogens is 258 g/mol. The van der Waals surface area contributed by atoms with Crippen LogP contribution < -0.4 is 16.6 Å². The standard InChI is InChI=1S/C11H15N3OS.ClH/c12-14-11(6-7-11)13-10(16)15-8-9-4-2-1-3-5-9;/h1-5,14H,6-8,12H2,(H,13,16);1H. The van der Waals surface area contributed by atoms with Gasteiger partial charge in [0.2, 0.25) is 0 Å². The number of ether oxygens (including phenoxy) is 1. The summed E-state index contributed by atoms with van der Waals surface area (Å²) in [4.78, 5) is 0. The maximum Gasteiger partial charge on any atom is 0.258 e. The van der Waals surface area contributed by atoms with Crippen LogP contribution in [0.25, 0.3) is 0 Å². The maximum atomic E-state index is 5.43. The van der Waals surface area contributed by atoms with E-state index < -0.39 is 0 Å². The minimum Gasteiger partial charge on any atom is -0.466 e. The molecule has 0 saturated heterocycles. The highest BCUT2D eigenvalue weighted by Gasteiger charge is 2.42. The Morgan fingerprint density at radius 1 is 1.35 bits per heavy atom. The van der Waals surface area contributed by atoms with Gasteiger partial charge in [-0.2, -0.15) is 0 Å². The van der Waals surface area contributed by atoms with Crippen LogP contribution in [0.2, 0.25) is 0 Å². The number of benzene rings is 1. The fraction of sp³-hybridized carbons (Fsp3) is 0.364. The molecule has 6 heteroatoms. The Labute approximate surface area is 112 Å². The zero-order chi connectivity index (χ0) is 11.4. The number of hydrazine groups is 1. The number of rotatable bonds is 4. The summed E-state index contributed by atoms with van der Waals surface area (Å²) in [5, 5.41) is 3.45. The second-order valence-electron chi connectivity index (χ2n) is 3.91. The molecule has 1 fully saturated rings. The van der Waals surface area contributed by atoms with E-state index in [1.54, 1.807) is 0 Å². The van der Waals surface area contributed by atoms with Gasteiger partial charge in [0, 0.05) is 0 Å². The SMILES string of the molecule is Cl.NNC1(NC(=S)OCc2ccccc2)CC1. The Morgan fingerprint density at radius 3 is 2.53 bits per heavy atom. The van der Waals surface area contributed by atoms with Crippen molar-refractivity contribution >= 4 is 29.8 Å². The molecule has 1 saturated carbocycles. The van der Waals surface area contributed by atoms with E-state index in [1.807, 2.05) is 30.3 Å². The van der Waals surface area contributed by atoms with Gasteiger partial charge in [0.1, 0.15) is 12.3 Å². The first-order valence-electron chi connectivity index (χ1n) is 5.21. The molecule has 1 aromatic rings. The normalized spacial score (nSPS) is 15.6. The molecule has 0 aliphatic heterocycles. The molecule has 0 radical (unpaired) electrons. The summed E-state index contributed by atoms with van der Waals surface area (Å²) in [7, 11) is 0. The lowest BCUT2D eigenvalue weighted by molar-refractivity contribution is 0.274. The van der Waals surface area contributed by atoms with Crippen molar-refractivity contribution in [1.82, 2.24) is 10.7 Å². The third-order valence-corrected chi connectivity index (χ3v) is 2.80. The zero-order valence-corrected chi connectivity index (χ0v) is 10.9. The Kier molecular flexibility index (Phi) is 5.14. The van der Waals surface area contributed by atoms with Crippen molar-refractivity contribution in [2.75, 3.05) is 0 Å². The van der Waals surface area contributed by atoms with Crippen molar-refractivity contribution < 1.29 is 4.74 Å². The fourth-order valence-electron chi connectivity index (χ4n) is 1.38. The van der Waals surface area contributed by atoms with Gasteiger partial charge >= 0.3 is 0 Å². The number of halogens is 1. The molecule has 0 amide bonds. The number of hydrogen-bond donors (Lipinski definition) is 3.